The van der Waals surface area contributed by atoms with E-state index in [1.54, 1.807) is 5.20 Å². The first-order chi connectivity index (χ1) is 8.93. The summed E-state index contributed by atoms with van der Waals surface area (Å²) >= 11 is 2.26. The molecule has 0 aliphatic heterocycles. The van der Waals surface area contributed by atoms with E-state index in [4.69, 9.17) is 4.74 Å². The molecule has 0 saturated heterocycles. The van der Waals surface area contributed by atoms with Crippen LogP contribution in [0.5, 0.6) is 5.75 Å². The first kappa shape index (κ1) is 21.0. The van der Waals surface area contributed by atoms with Gasteiger partial charge in [0, 0.05) is 0 Å². The molecule has 0 saturated carbocycles. The van der Waals surface area contributed by atoms with Gasteiger partial charge >= 0.3 is 129 Å². The molecule has 1 aliphatic rings. The molecule has 0 heterocycles. The summed E-state index contributed by atoms with van der Waals surface area (Å²) in [7, 11) is -1.65. The quantitative estimate of drug-likeness (QED) is 0.538. The van der Waals surface area contributed by atoms with Crippen LogP contribution in [0.4, 0.5) is 0 Å². The molecule has 1 nitrogen and oxygen atoms in total. The maximum absolute atomic E-state index is 6.01. The Balaban J connectivity index is 0.00000200. The van der Waals surface area contributed by atoms with Gasteiger partial charge in [0.15, 0.2) is 0 Å². The molecule has 0 aromatic heterocycles. The summed E-state index contributed by atoms with van der Waals surface area (Å²) in [4.78, 5) is 0. The molecular weight excluding hydrogens is 355 g/mol. The summed E-state index contributed by atoms with van der Waals surface area (Å²) in [5.41, 5.74) is 0. The van der Waals surface area contributed by atoms with E-state index in [0.717, 1.165) is 12.2 Å². The smallest absolute Gasteiger partial charge is 1.00 e. The van der Waals surface area contributed by atoms with E-state index in [-0.39, 0.29) is 30.9 Å². The molecular formula is C16H21Cl2OSiTi. The summed E-state index contributed by atoms with van der Waals surface area (Å²) in [6.45, 7) is 9.02. The fourth-order valence-corrected chi connectivity index (χ4v) is 7.31. The van der Waals surface area contributed by atoms with E-state index in [1.165, 1.54) is 9.06 Å². The molecule has 2 rings (SSSR count). The number of allylic oxidation sites excluding steroid dienone is 4. The Morgan fingerprint density at radius 1 is 1.14 bits per heavy atom. The van der Waals surface area contributed by atoms with Gasteiger partial charge in [-0.15, -0.1) is 0 Å². The van der Waals surface area contributed by atoms with E-state index in [0.29, 0.717) is 0 Å². The molecule has 21 heavy (non-hydrogen) atoms. The molecule has 0 bridgehead atoms. The first-order valence-corrected chi connectivity index (χ1v) is 10.6. The second-order valence-corrected chi connectivity index (χ2v) is 11.1. The summed E-state index contributed by atoms with van der Waals surface area (Å²) in [6.07, 6.45) is 5.94. The van der Waals surface area contributed by atoms with Gasteiger partial charge in [-0.25, -0.2) is 0 Å². The SMILES string of the molecule is CC(C)Oc1ccccc1[Si](C)(C)C1=[C]([Ti+2])CC=C1.[Cl-].[Cl-]. The summed E-state index contributed by atoms with van der Waals surface area (Å²) in [5.74, 6) is 1.06. The minimum Gasteiger partial charge on any atom is -1.00 e. The molecule has 0 spiro atoms. The van der Waals surface area contributed by atoms with E-state index < -0.39 is 8.07 Å². The Morgan fingerprint density at radius 2 is 1.76 bits per heavy atom. The van der Waals surface area contributed by atoms with Crippen LogP contribution in [0.1, 0.15) is 20.3 Å². The number of benzene rings is 1. The number of hydrogen-bond donors (Lipinski definition) is 0. The Labute approximate surface area is 153 Å². The molecule has 5 heteroatoms. The van der Waals surface area contributed by atoms with Crippen LogP contribution in [0.15, 0.2) is 45.5 Å². The van der Waals surface area contributed by atoms with Gasteiger partial charge < -0.3 is 24.8 Å². The molecule has 113 valence electrons. The zero-order valence-electron chi connectivity index (χ0n) is 12.9. The number of hydrogen-bond acceptors (Lipinski definition) is 1. The van der Waals surface area contributed by atoms with Crippen LogP contribution in [0.25, 0.3) is 0 Å². The van der Waals surface area contributed by atoms with Crippen LogP contribution in [-0.2, 0) is 20.4 Å². The molecule has 1 aromatic carbocycles. The van der Waals surface area contributed by atoms with Crippen molar-refractivity contribution >= 4 is 13.3 Å². The zero-order valence-corrected chi connectivity index (χ0v) is 17.0. The van der Waals surface area contributed by atoms with E-state index >= 15 is 0 Å². The third-order valence-corrected chi connectivity index (χ3v) is 8.23. The maximum Gasteiger partial charge on any atom is -1.00 e. The van der Waals surface area contributed by atoms with Crippen molar-refractivity contribution in [3.8, 4) is 5.75 Å². The normalized spacial score (nSPS) is 14.0. The van der Waals surface area contributed by atoms with Crippen LogP contribution in [0.2, 0.25) is 13.1 Å². The van der Waals surface area contributed by atoms with Gasteiger partial charge in [-0.2, -0.15) is 0 Å². The van der Waals surface area contributed by atoms with Crippen molar-refractivity contribution in [1.29, 1.82) is 0 Å². The average molecular weight is 376 g/mol. The Bertz CT molecular complexity index is 539. The van der Waals surface area contributed by atoms with Crippen molar-refractivity contribution < 1.29 is 50.0 Å². The fourth-order valence-electron chi connectivity index (χ4n) is 2.58. The Morgan fingerprint density at radius 3 is 2.29 bits per heavy atom. The van der Waals surface area contributed by atoms with Crippen LogP contribution in [0.3, 0.4) is 0 Å². The van der Waals surface area contributed by atoms with E-state index in [9.17, 15) is 0 Å². The average Bonchev–Trinajstić information content (AvgIpc) is 2.76. The Hall–Kier alpha value is 0.0112. The third-order valence-electron chi connectivity index (χ3n) is 3.53. The van der Waals surface area contributed by atoms with E-state index in [1.807, 2.05) is 0 Å². The number of ether oxygens (including phenoxy) is 1. The second kappa shape index (κ2) is 8.59. The number of para-hydroxylation sites is 1. The van der Waals surface area contributed by atoms with Gasteiger partial charge in [0.1, 0.15) is 0 Å². The molecule has 0 unspecified atom stereocenters. The van der Waals surface area contributed by atoms with Crippen molar-refractivity contribution in [2.24, 2.45) is 0 Å². The van der Waals surface area contributed by atoms with Gasteiger partial charge in [-0.05, 0) is 0 Å². The Kier molecular flexibility index (Phi) is 8.60. The number of rotatable bonds is 4. The summed E-state index contributed by atoms with van der Waals surface area (Å²) in [6, 6.07) is 8.55. The van der Waals surface area contributed by atoms with Crippen molar-refractivity contribution in [3.63, 3.8) is 0 Å². The molecule has 0 N–H and O–H groups in total. The van der Waals surface area contributed by atoms with Gasteiger partial charge in [-0.3, -0.25) is 0 Å². The van der Waals surface area contributed by atoms with Crippen LogP contribution in [0, 0.1) is 0 Å². The standard InChI is InChI=1S/C16H21OSi.2ClH.Ti/c1-13(2)17-15-11-7-8-12-16(15)18(3,4)14-9-5-6-10-14;;;/h5,7-9,11-13H,6H2,1-4H3;2*1H;/q;;;+2/p-2. The summed E-state index contributed by atoms with van der Waals surface area (Å²) < 4.78 is 7.54. The van der Waals surface area contributed by atoms with Crippen LogP contribution < -0.4 is 34.7 Å². The maximum atomic E-state index is 6.01. The zero-order chi connectivity index (χ0) is 14.0. The molecule has 0 atom stereocenters. The van der Waals surface area contributed by atoms with Crippen molar-refractivity contribution in [2.45, 2.75) is 39.5 Å². The predicted molar refractivity (Wildman–Crippen MR) is 80.1 cm³/mol. The van der Waals surface area contributed by atoms with Gasteiger partial charge in [0.25, 0.3) is 0 Å². The predicted octanol–water partition coefficient (Wildman–Crippen LogP) is -2.30. The summed E-state index contributed by atoms with van der Waals surface area (Å²) in [5, 5.41) is 2.97. The molecule has 1 aliphatic carbocycles. The monoisotopic (exact) mass is 375 g/mol. The van der Waals surface area contributed by atoms with Crippen molar-refractivity contribution in [2.75, 3.05) is 0 Å². The van der Waals surface area contributed by atoms with Gasteiger partial charge in [0.2, 0.25) is 0 Å². The first-order valence-electron chi connectivity index (χ1n) is 6.81. The topological polar surface area (TPSA) is 9.23 Å². The van der Waals surface area contributed by atoms with Crippen molar-refractivity contribution in [1.82, 2.24) is 0 Å². The molecule has 1 aromatic rings. The van der Waals surface area contributed by atoms with E-state index in [2.05, 4.69) is 83.8 Å². The van der Waals surface area contributed by atoms with Crippen LogP contribution in [-0.4, -0.2) is 14.2 Å². The molecule has 0 amide bonds. The van der Waals surface area contributed by atoms with Crippen LogP contribution >= 0.6 is 0 Å². The van der Waals surface area contributed by atoms with Crippen molar-refractivity contribution in [3.05, 3.63) is 45.5 Å². The minimum atomic E-state index is -1.65. The number of halogens is 2. The third kappa shape index (κ3) is 4.74. The van der Waals surface area contributed by atoms with Gasteiger partial charge in [-0.1, -0.05) is 0 Å². The molecule has 0 radical (unpaired) electrons. The molecule has 0 fully saturated rings. The minimum absolute atomic E-state index is 0. The fraction of sp³-hybridized carbons (Fsp3) is 0.375. The largest absolute Gasteiger partial charge is 1.00 e. The second-order valence-electron chi connectivity index (χ2n) is 5.79. The van der Waals surface area contributed by atoms with Gasteiger partial charge in [0.05, 0.1) is 0 Å².